The van der Waals surface area contributed by atoms with Gasteiger partial charge in [-0.2, -0.15) is 0 Å². The van der Waals surface area contributed by atoms with Gasteiger partial charge in [0.25, 0.3) is 0 Å². The van der Waals surface area contributed by atoms with Gasteiger partial charge in [0, 0.05) is 10.5 Å². The van der Waals surface area contributed by atoms with Crippen LogP contribution in [0.5, 0.6) is 5.75 Å². The van der Waals surface area contributed by atoms with Crippen LogP contribution in [-0.4, -0.2) is 222 Å². The summed E-state index contributed by atoms with van der Waals surface area (Å²) in [5.74, 6) is -0.992. The van der Waals surface area contributed by atoms with Crippen LogP contribution in [0.2, 0.25) is 0 Å². The fourth-order valence-corrected chi connectivity index (χ4v) is 10.5. The first kappa shape index (κ1) is 45.7. The minimum absolute atomic E-state index is 0.331. The van der Waals surface area contributed by atoms with Gasteiger partial charge in [-0.1, -0.05) is 23.5 Å². The molecule has 4 aliphatic rings. The quantitative estimate of drug-likeness (QED) is 0.0971. The number of thioether (sulfide) groups is 2. The summed E-state index contributed by atoms with van der Waals surface area (Å²) in [7, 11) is 0. The van der Waals surface area contributed by atoms with Crippen molar-refractivity contribution in [1.82, 2.24) is 0 Å². The molecule has 4 fully saturated rings. The second kappa shape index (κ2) is 17.7. The summed E-state index contributed by atoms with van der Waals surface area (Å²) in [5.41, 5.74) is -4.69. The van der Waals surface area contributed by atoms with Gasteiger partial charge in [-0.3, -0.25) is 0 Å². The van der Waals surface area contributed by atoms with Crippen molar-refractivity contribution >= 4 is 48.8 Å². The van der Waals surface area contributed by atoms with Crippen molar-refractivity contribution in [2.45, 2.75) is 128 Å². The molecule has 0 amide bonds. The molecule has 21 nitrogen and oxygen atoms in total. The number of hydrogen-bond donors (Lipinski definition) is 19. The van der Waals surface area contributed by atoms with Gasteiger partial charge in [0.2, 0.25) is 0 Å². The van der Waals surface area contributed by atoms with E-state index in [4.69, 9.17) is 18.9 Å². The molecule has 0 aromatic heterocycles. The number of thiol groups is 2. The molecule has 0 saturated carbocycles. The molecule has 55 heavy (non-hydrogen) atoms. The van der Waals surface area contributed by atoms with Crippen molar-refractivity contribution < 1.29 is 106 Å². The minimum atomic E-state index is -2.77. The van der Waals surface area contributed by atoms with E-state index in [0.29, 0.717) is 23.5 Å². The van der Waals surface area contributed by atoms with Crippen LogP contribution >= 0.6 is 48.8 Å². The number of aliphatic hydroxyl groups excluding tert-OH is 16. The van der Waals surface area contributed by atoms with Gasteiger partial charge in [-0.05, 0) is 6.07 Å². The summed E-state index contributed by atoms with van der Waals surface area (Å²) in [6.45, 7) is -3.76. The van der Waals surface area contributed by atoms with Gasteiger partial charge >= 0.3 is 0 Å². The molecule has 20 atom stereocenters. The summed E-state index contributed by atoms with van der Waals surface area (Å²) in [6, 6.07) is 0.980. The molecule has 4 saturated heterocycles. The fraction of sp³-hybridized carbons (Fsp3) is 0.800. The van der Waals surface area contributed by atoms with Crippen LogP contribution in [0.4, 0.5) is 0 Å². The zero-order valence-corrected chi connectivity index (χ0v) is 31.7. The Kier molecular flexibility index (Phi) is 14.7. The third kappa shape index (κ3) is 8.00. The first-order chi connectivity index (χ1) is 25.7. The van der Waals surface area contributed by atoms with E-state index >= 15 is 0 Å². The number of phenolic OH excluding ortho intramolecular Hbond substituents is 1. The summed E-state index contributed by atoms with van der Waals surface area (Å²) >= 11 is 9.76. The SMILES string of the molecule is OC[C@H]1O[C@@H](Sc2cc([C@]3(S)O[C@H](CO)[C@@H](O)[C@H](O)[C@H]3O)c(S[C@@H]3O[C@H](CO)[C@@H](O)[C@H](O)[C@H]3O)c([C@]3(S)O[C@H](CO)[C@@H](O)[C@H](O)[C@H]3O)c2O)[C@H](O)[C@@H](O)[C@@H]1O. The van der Waals surface area contributed by atoms with Gasteiger partial charge < -0.3 is 106 Å². The largest absolute Gasteiger partial charge is 0.506 e. The smallest absolute Gasteiger partial charge is 0.170 e. The average Bonchev–Trinajstić information content (AvgIpc) is 3.17. The maximum Gasteiger partial charge on any atom is 0.170 e. The average molecular weight is 871 g/mol. The van der Waals surface area contributed by atoms with E-state index in [0.717, 1.165) is 6.07 Å². The number of hydrogen-bond acceptors (Lipinski definition) is 25. The van der Waals surface area contributed by atoms with Gasteiger partial charge in [0.15, 0.2) is 9.87 Å². The lowest BCUT2D eigenvalue weighted by Gasteiger charge is -2.50. The van der Waals surface area contributed by atoms with E-state index in [9.17, 15) is 86.8 Å². The highest BCUT2D eigenvalue weighted by molar-refractivity contribution is 8.00. The lowest BCUT2D eigenvalue weighted by atomic mass is 9.86. The summed E-state index contributed by atoms with van der Waals surface area (Å²) in [5, 5.41) is 182. The van der Waals surface area contributed by atoms with Crippen LogP contribution in [0.1, 0.15) is 11.1 Å². The molecule has 0 unspecified atom stereocenters. The van der Waals surface area contributed by atoms with Crippen LogP contribution in [0.25, 0.3) is 0 Å². The maximum absolute atomic E-state index is 12.2. The molecular formula is C30H46O21S4. The normalized spacial score (nSPS) is 48.2. The lowest BCUT2D eigenvalue weighted by molar-refractivity contribution is -0.248. The van der Waals surface area contributed by atoms with E-state index in [-0.39, 0.29) is 0 Å². The van der Waals surface area contributed by atoms with Crippen LogP contribution < -0.4 is 0 Å². The molecule has 5 rings (SSSR count). The van der Waals surface area contributed by atoms with E-state index in [1.54, 1.807) is 0 Å². The molecule has 316 valence electrons. The zero-order chi connectivity index (χ0) is 41.1. The molecule has 0 radical (unpaired) electrons. The number of ether oxygens (including phenoxy) is 4. The Morgan fingerprint density at radius 1 is 0.509 bits per heavy atom. The van der Waals surface area contributed by atoms with E-state index in [1.807, 2.05) is 0 Å². The number of rotatable bonds is 10. The van der Waals surface area contributed by atoms with E-state index in [1.165, 1.54) is 0 Å². The molecule has 4 aliphatic heterocycles. The van der Waals surface area contributed by atoms with Gasteiger partial charge in [-0.15, -0.1) is 25.3 Å². The zero-order valence-electron chi connectivity index (χ0n) is 28.2. The van der Waals surface area contributed by atoms with Crippen LogP contribution in [0.3, 0.4) is 0 Å². The second-order valence-corrected chi connectivity index (χ2v) is 17.1. The molecule has 17 N–H and O–H groups in total. The first-order valence-corrected chi connectivity index (χ1v) is 19.3. The number of phenols is 1. The minimum Gasteiger partial charge on any atom is -0.506 e. The number of aliphatic hydroxyl groups is 16. The van der Waals surface area contributed by atoms with Gasteiger partial charge in [0.1, 0.15) is 114 Å². The Labute approximate surface area is 331 Å². The van der Waals surface area contributed by atoms with Crippen LogP contribution in [0, 0.1) is 0 Å². The van der Waals surface area contributed by atoms with Crippen molar-refractivity contribution in [3.05, 3.63) is 17.2 Å². The monoisotopic (exact) mass is 870 g/mol. The highest BCUT2D eigenvalue weighted by Crippen LogP contribution is 2.58. The van der Waals surface area contributed by atoms with E-state index < -0.39 is 171 Å². The van der Waals surface area contributed by atoms with E-state index in [2.05, 4.69) is 25.3 Å². The summed E-state index contributed by atoms with van der Waals surface area (Å²) < 4.78 is 23.0. The molecular weight excluding hydrogens is 825 g/mol. The molecule has 1 aromatic rings. The Morgan fingerprint density at radius 2 is 0.891 bits per heavy atom. The van der Waals surface area contributed by atoms with Crippen molar-refractivity contribution in [1.29, 1.82) is 0 Å². The Hall–Kier alpha value is -0.380. The number of aromatic hydroxyl groups is 1. The second-order valence-electron chi connectivity index (χ2n) is 13.5. The van der Waals surface area contributed by atoms with Gasteiger partial charge in [-0.25, -0.2) is 0 Å². The lowest BCUT2D eigenvalue weighted by Crippen LogP contribution is -2.62. The molecule has 0 aliphatic carbocycles. The van der Waals surface area contributed by atoms with Crippen molar-refractivity contribution in [3.63, 3.8) is 0 Å². The molecule has 25 heteroatoms. The highest BCUT2D eigenvalue weighted by Gasteiger charge is 2.59. The molecule has 1 aromatic carbocycles. The maximum atomic E-state index is 12.2. The van der Waals surface area contributed by atoms with Crippen LogP contribution in [-0.2, 0) is 28.8 Å². The Balaban J connectivity index is 1.83. The topological polar surface area (TPSA) is 381 Å². The van der Waals surface area contributed by atoms with Crippen molar-refractivity contribution in [2.24, 2.45) is 0 Å². The fourth-order valence-electron chi connectivity index (χ4n) is 6.75. The molecule has 0 bridgehead atoms. The Bertz CT molecular complexity index is 1480. The third-order valence-corrected chi connectivity index (χ3v) is 13.7. The van der Waals surface area contributed by atoms with Crippen LogP contribution in [0.15, 0.2) is 15.9 Å². The standard InChI is InChI=1S/C30H46O21S4/c31-2-7-13(35)18(40)22(44)27(48-7)54-11-1-6(29(52)25(46)20(42)15(37)9(4-33)50-29)24(55-28-23(45)19(41)14(36)8(3-32)49-28)12(17(11)39)30(53)26(47)21(43)16(38)10(5-34)51-30/h1,7-10,13-16,18-23,25-28,31-47,52-53H,2-5H2/t7-,8-,9-,10-,13-,14-,15-,16-,18+,19+,20+,21+,22-,23-,25-,26-,27+,28+,29-,30-/m1/s1. The predicted octanol–water partition coefficient (Wildman–Crippen LogP) is -7.71. The summed E-state index contributed by atoms with van der Waals surface area (Å²) in [4.78, 5) is -6.41. The molecule has 4 heterocycles. The Morgan fingerprint density at radius 3 is 1.33 bits per heavy atom. The number of benzene rings is 1. The highest BCUT2D eigenvalue weighted by atomic mass is 32.2. The predicted molar refractivity (Wildman–Crippen MR) is 189 cm³/mol. The van der Waals surface area contributed by atoms with Gasteiger partial charge in [0.05, 0.1) is 36.9 Å². The third-order valence-electron chi connectivity index (χ3n) is 10.1. The van der Waals surface area contributed by atoms with Crippen molar-refractivity contribution in [2.75, 3.05) is 26.4 Å². The summed E-state index contributed by atoms with van der Waals surface area (Å²) in [6.07, 6.45) is -30.8. The molecule has 0 spiro atoms. The first-order valence-electron chi connectivity index (χ1n) is 16.7. The van der Waals surface area contributed by atoms with Crippen molar-refractivity contribution in [3.8, 4) is 5.75 Å².